The Morgan fingerprint density at radius 2 is 1.52 bits per heavy atom. The molecule has 31 heavy (non-hydrogen) atoms. The number of aromatic carboxylic acids is 1. The van der Waals surface area contributed by atoms with Gasteiger partial charge in [0.25, 0.3) is 20.2 Å². The molecule has 0 heterocycles. The number of azo groups is 1. The number of carboxylic acids is 1. The second-order valence-electron chi connectivity index (χ2n) is 6.44. The largest absolute Gasteiger partial charge is 0.507 e. The van der Waals surface area contributed by atoms with Crippen molar-refractivity contribution in [2.75, 3.05) is 0 Å². The fourth-order valence-electron chi connectivity index (χ4n) is 2.82. The number of fused-ring (bicyclic) bond motifs is 1. The molecule has 0 saturated carbocycles. The van der Waals surface area contributed by atoms with E-state index in [2.05, 4.69) is 10.2 Å². The van der Waals surface area contributed by atoms with Crippen LogP contribution in [0.25, 0.3) is 10.8 Å². The molecule has 0 unspecified atom stereocenters. The molecule has 3 aromatic carbocycles. The van der Waals surface area contributed by atoms with Gasteiger partial charge in [-0.15, -0.1) is 0 Å². The van der Waals surface area contributed by atoms with Gasteiger partial charge in [0.15, 0.2) is 0 Å². The van der Waals surface area contributed by atoms with Gasteiger partial charge in [0.05, 0.1) is 16.3 Å². The zero-order chi connectivity index (χ0) is 23.1. The molecule has 0 atom stereocenters. The summed E-state index contributed by atoms with van der Waals surface area (Å²) in [7, 11) is -9.59. The van der Waals surface area contributed by atoms with E-state index in [9.17, 15) is 35.8 Å². The molecule has 0 aliphatic heterocycles. The zero-order valence-corrected chi connectivity index (χ0v) is 17.2. The minimum atomic E-state index is -4.81. The summed E-state index contributed by atoms with van der Waals surface area (Å²) in [5.41, 5.74) is 0.119. The Kier molecular flexibility index (Phi) is 5.54. The molecular formula is C18H14N2O9S2. The average Bonchev–Trinajstić information content (AvgIpc) is 2.65. The van der Waals surface area contributed by atoms with E-state index in [-0.39, 0.29) is 33.3 Å². The minimum Gasteiger partial charge on any atom is -0.507 e. The lowest BCUT2D eigenvalue weighted by Crippen LogP contribution is -2.04. The zero-order valence-electron chi connectivity index (χ0n) is 15.6. The fraction of sp³-hybridized carbons (Fsp3) is 0.0556. The summed E-state index contributed by atoms with van der Waals surface area (Å²) >= 11 is 0. The maximum absolute atomic E-state index is 11.6. The molecule has 4 N–H and O–H groups in total. The number of aryl methyl sites for hydroxylation is 1. The first-order chi connectivity index (χ1) is 14.3. The number of carboxylic acid groups (broad SMARTS) is 1. The predicted molar refractivity (Wildman–Crippen MR) is 108 cm³/mol. The van der Waals surface area contributed by atoms with Crippen LogP contribution in [0, 0.1) is 6.92 Å². The van der Waals surface area contributed by atoms with Gasteiger partial charge in [-0.2, -0.15) is 27.1 Å². The molecule has 0 spiro atoms. The summed E-state index contributed by atoms with van der Waals surface area (Å²) < 4.78 is 64.9. The molecule has 0 aliphatic rings. The van der Waals surface area contributed by atoms with Crippen LogP contribution in [-0.4, -0.2) is 42.1 Å². The number of benzene rings is 3. The standard InChI is InChI=1S/C18H14N2O9S2/c1-9-4-12(7-15(17(9)21)18(22)23)20-19-11-2-3-14-10(5-11)6-13(30(24,25)26)8-16(14)31(27,28)29/h2-8,21H,1H3,(H,22,23)(H,24,25,26)(H,27,28,29). The second-order valence-corrected chi connectivity index (χ2v) is 9.25. The Hall–Kier alpha value is -3.39. The second kappa shape index (κ2) is 7.70. The summed E-state index contributed by atoms with van der Waals surface area (Å²) in [5.74, 6) is -1.77. The van der Waals surface area contributed by atoms with Crippen molar-refractivity contribution in [2.45, 2.75) is 16.7 Å². The highest BCUT2D eigenvalue weighted by Crippen LogP contribution is 2.32. The van der Waals surface area contributed by atoms with E-state index >= 15 is 0 Å². The Labute approximate surface area is 175 Å². The Bertz CT molecular complexity index is 1480. The Morgan fingerprint density at radius 3 is 2.10 bits per heavy atom. The number of phenols is 1. The third-order valence-electron chi connectivity index (χ3n) is 4.24. The highest BCUT2D eigenvalue weighted by molar-refractivity contribution is 7.86. The Balaban J connectivity index is 2.14. The van der Waals surface area contributed by atoms with E-state index in [1.165, 1.54) is 31.2 Å². The molecule has 3 rings (SSSR count). The van der Waals surface area contributed by atoms with E-state index in [0.717, 1.165) is 12.1 Å². The molecule has 3 aromatic rings. The van der Waals surface area contributed by atoms with Crippen LogP contribution in [0.3, 0.4) is 0 Å². The lowest BCUT2D eigenvalue weighted by Gasteiger charge is -2.07. The third-order valence-corrected chi connectivity index (χ3v) is 5.97. The van der Waals surface area contributed by atoms with Crippen LogP contribution >= 0.6 is 0 Å². The van der Waals surface area contributed by atoms with Crippen molar-refractivity contribution in [3.05, 3.63) is 53.6 Å². The minimum absolute atomic E-state index is 0.0207. The highest BCUT2D eigenvalue weighted by atomic mass is 32.2. The SMILES string of the molecule is Cc1cc(N=Nc2ccc3c(S(=O)(=O)O)cc(S(=O)(=O)O)cc3c2)cc(C(=O)O)c1O. The molecule has 11 nitrogen and oxygen atoms in total. The predicted octanol–water partition coefficient (Wildman–Crippen LogP) is 3.46. The van der Waals surface area contributed by atoms with Crippen molar-refractivity contribution < 1.29 is 40.9 Å². The number of hydrogen-bond donors (Lipinski definition) is 4. The first-order valence-corrected chi connectivity index (χ1v) is 11.2. The van der Waals surface area contributed by atoms with Gasteiger partial charge < -0.3 is 10.2 Å². The lowest BCUT2D eigenvalue weighted by atomic mass is 10.1. The normalized spacial score (nSPS) is 12.5. The van der Waals surface area contributed by atoms with Gasteiger partial charge in [0.2, 0.25) is 0 Å². The van der Waals surface area contributed by atoms with Crippen molar-refractivity contribution in [1.82, 2.24) is 0 Å². The van der Waals surface area contributed by atoms with Gasteiger partial charge in [0, 0.05) is 5.39 Å². The molecule has 0 bridgehead atoms. The molecule has 0 amide bonds. The molecule has 0 radical (unpaired) electrons. The monoisotopic (exact) mass is 466 g/mol. The fourth-order valence-corrected chi connectivity index (χ4v) is 4.17. The average molecular weight is 466 g/mol. The summed E-state index contributed by atoms with van der Waals surface area (Å²) in [6, 6.07) is 7.95. The summed E-state index contributed by atoms with van der Waals surface area (Å²) in [6.45, 7) is 1.48. The van der Waals surface area contributed by atoms with Crippen LogP contribution < -0.4 is 0 Å². The van der Waals surface area contributed by atoms with E-state index in [4.69, 9.17) is 5.11 Å². The molecule has 13 heteroatoms. The number of nitrogens with zero attached hydrogens (tertiary/aromatic N) is 2. The number of rotatable bonds is 5. The molecule has 0 aliphatic carbocycles. The lowest BCUT2D eigenvalue weighted by molar-refractivity contribution is 0.0693. The number of carbonyl (C=O) groups is 1. The maximum atomic E-state index is 11.6. The van der Waals surface area contributed by atoms with Crippen LogP contribution in [0.2, 0.25) is 0 Å². The number of aromatic hydroxyl groups is 1. The van der Waals surface area contributed by atoms with Gasteiger partial charge in [-0.05, 0) is 54.3 Å². The van der Waals surface area contributed by atoms with E-state index in [1.54, 1.807) is 0 Å². The summed E-state index contributed by atoms with van der Waals surface area (Å²) in [4.78, 5) is 9.73. The van der Waals surface area contributed by atoms with Gasteiger partial charge in [0.1, 0.15) is 16.2 Å². The molecule has 162 valence electrons. The van der Waals surface area contributed by atoms with Crippen LogP contribution in [0.4, 0.5) is 11.4 Å². The van der Waals surface area contributed by atoms with Crippen LogP contribution in [-0.2, 0) is 20.2 Å². The van der Waals surface area contributed by atoms with Gasteiger partial charge in [-0.25, -0.2) is 4.79 Å². The van der Waals surface area contributed by atoms with Crippen molar-refractivity contribution in [2.24, 2.45) is 10.2 Å². The van der Waals surface area contributed by atoms with E-state index < -0.39 is 41.7 Å². The van der Waals surface area contributed by atoms with Crippen LogP contribution in [0.1, 0.15) is 15.9 Å². The van der Waals surface area contributed by atoms with Crippen LogP contribution in [0.15, 0.2) is 62.5 Å². The molecule has 0 fully saturated rings. The van der Waals surface area contributed by atoms with E-state index in [0.29, 0.717) is 6.07 Å². The van der Waals surface area contributed by atoms with Crippen molar-refractivity contribution in [1.29, 1.82) is 0 Å². The van der Waals surface area contributed by atoms with Gasteiger partial charge in [-0.1, -0.05) is 6.07 Å². The summed E-state index contributed by atoms with van der Waals surface area (Å²) in [6.07, 6.45) is 0. The van der Waals surface area contributed by atoms with E-state index in [1.807, 2.05) is 0 Å². The number of hydrogen-bond acceptors (Lipinski definition) is 8. The van der Waals surface area contributed by atoms with Gasteiger partial charge in [-0.3, -0.25) is 9.11 Å². The first-order valence-electron chi connectivity index (χ1n) is 8.29. The van der Waals surface area contributed by atoms with Crippen LogP contribution in [0.5, 0.6) is 5.75 Å². The third kappa shape index (κ3) is 4.69. The maximum Gasteiger partial charge on any atom is 0.339 e. The summed E-state index contributed by atoms with van der Waals surface area (Å²) in [5, 5.41) is 26.7. The van der Waals surface area contributed by atoms with Crippen molar-refractivity contribution >= 4 is 48.4 Å². The highest BCUT2D eigenvalue weighted by Gasteiger charge is 2.20. The molecule has 0 aromatic heterocycles. The first kappa shape index (κ1) is 22.3. The molecular weight excluding hydrogens is 452 g/mol. The smallest absolute Gasteiger partial charge is 0.339 e. The molecule has 0 saturated heterocycles. The Morgan fingerprint density at radius 1 is 0.871 bits per heavy atom. The van der Waals surface area contributed by atoms with Gasteiger partial charge >= 0.3 is 5.97 Å². The van der Waals surface area contributed by atoms with Crippen molar-refractivity contribution in [3.63, 3.8) is 0 Å². The van der Waals surface area contributed by atoms with Crippen molar-refractivity contribution in [3.8, 4) is 5.75 Å². The topological polar surface area (TPSA) is 191 Å². The quantitative estimate of drug-likeness (QED) is 0.322.